The Labute approximate surface area is 396 Å². The lowest BCUT2D eigenvalue weighted by molar-refractivity contribution is -0.220. The van der Waals surface area contributed by atoms with E-state index in [4.69, 9.17) is 18.5 Å². The van der Waals surface area contributed by atoms with Crippen LogP contribution in [0.15, 0.2) is 134 Å². The number of hydrogen-bond donors (Lipinski definition) is 6. The van der Waals surface area contributed by atoms with Crippen molar-refractivity contribution in [1.82, 2.24) is 0 Å². The standard InChI is InChI=1S/C53H83O12P/c1-3-5-7-9-11-13-15-17-19-21-22-23-24-25-26-27-28-30-32-34-36-38-40-42-47(54)64-46(45-63-66(60,61)65-53-51(58)49(56)48(55)50(57)52(53)59)44-62-43-41-39-37-35-33-31-29-20-18-16-14-12-10-8-6-4-2/h5-8,11-14,17-20,22-23,25-26,28,30-31,33-34,36,46,48-53,55-59H,3-4,9-10,15-16,21,24,27,29,32,35,37-45H2,1-2H3,(H,60,61)/b7-5-,8-6-,13-11-,14-12-,19-17-,20-18-,23-22-,26-25-,30-28-,33-31-,36-34-. The SMILES string of the molecule is CC/C=C\C/C=C\C/C=C\C/C=C\C/C=C\C/C=C\C/C=C\CCCC(=O)OC(COCCCCC/C=C\C/C=C\C/C=C\C/C=C\CC)COP(=O)(O)OC1C(O)C(O)C(O)C(O)C1O. The van der Waals surface area contributed by atoms with Crippen LogP contribution in [0.4, 0.5) is 0 Å². The predicted molar refractivity (Wildman–Crippen MR) is 266 cm³/mol. The number of rotatable bonds is 38. The van der Waals surface area contributed by atoms with Crippen molar-refractivity contribution in [3.63, 3.8) is 0 Å². The van der Waals surface area contributed by atoms with E-state index in [0.717, 1.165) is 96.3 Å². The first-order chi connectivity index (χ1) is 32.0. The fourth-order valence-corrected chi connectivity index (χ4v) is 7.25. The normalized spacial score (nSPS) is 22.6. The van der Waals surface area contributed by atoms with Gasteiger partial charge in [0.15, 0.2) is 0 Å². The van der Waals surface area contributed by atoms with E-state index in [2.05, 4.69) is 135 Å². The van der Waals surface area contributed by atoms with Gasteiger partial charge < -0.3 is 39.9 Å². The topological polar surface area (TPSA) is 192 Å². The van der Waals surface area contributed by atoms with Crippen molar-refractivity contribution in [2.45, 2.75) is 172 Å². The molecule has 1 aliphatic rings. The summed E-state index contributed by atoms with van der Waals surface area (Å²) in [6.07, 6.45) is 49.5. The Hall–Kier alpha value is -3.52. The van der Waals surface area contributed by atoms with E-state index in [1.54, 1.807) is 0 Å². The Morgan fingerprint density at radius 1 is 0.485 bits per heavy atom. The summed E-state index contributed by atoms with van der Waals surface area (Å²) in [6, 6.07) is 0. The minimum Gasteiger partial charge on any atom is -0.457 e. The van der Waals surface area contributed by atoms with Crippen molar-refractivity contribution in [1.29, 1.82) is 0 Å². The molecule has 1 rings (SSSR count). The van der Waals surface area contributed by atoms with Crippen LogP contribution in [0.3, 0.4) is 0 Å². The van der Waals surface area contributed by atoms with Gasteiger partial charge in [0.2, 0.25) is 0 Å². The lowest BCUT2D eigenvalue weighted by atomic mass is 9.85. The van der Waals surface area contributed by atoms with E-state index < -0.39 is 63.1 Å². The number of ether oxygens (including phenoxy) is 2. The molecule has 1 fully saturated rings. The molecule has 0 heterocycles. The van der Waals surface area contributed by atoms with Crippen LogP contribution in [-0.4, -0.2) is 98.9 Å². The molecule has 1 aliphatic carbocycles. The lowest BCUT2D eigenvalue weighted by Gasteiger charge is -2.41. The Bertz CT molecular complexity index is 1590. The highest BCUT2D eigenvalue weighted by atomic mass is 31.2. The molecule has 0 bridgehead atoms. The van der Waals surface area contributed by atoms with Crippen LogP contribution in [0.5, 0.6) is 0 Å². The van der Waals surface area contributed by atoms with Crippen molar-refractivity contribution >= 4 is 13.8 Å². The van der Waals surface area contributed by atoms with Gasteiger partial charge in [-0.25, -0.2) is 4.57 Å². The van der Waals surface area contributed by atoms with Gasteiger partial charge in [0, 0.05) is 13.0 Å². The zero-order valence-electron chi connectivity index (χ0n) is 39.7. The van der Waals surface area contributed by atoms with E-state index in [1.807, 2.05) is 12.2 Å². The van der Waals surface area contributed by atoms with Gasteiger partial charge in [-0.3, -0.25) is 13.8 Å². The van der Waals surface area contributed by atoms with E-state index in [1.165, 1.54) is 0 Å². The molecule has 0 aliphatic heterocycles. The summed E-state index contributed by atoms with van der Waals surface area (Å²) in [5.41, 5.74) is 0. The highest BCUT2D eigenvalue weighted by Crippen LogP contribution is 2.47. The maximum absolute atomic E-state index is 12.8. The number of allylic oxidation sites excluding steroid dienone is 22. The first-order valence-electron chi connectivity index (χ1n) is 24.0. The molecule has 6 atom stereocenters. The molecule has 0 saturated heterocycles. The molecule has 0 amide bonds. The van der Waals surface area contributed by atoms with Gasteiger partial charge in [0.25, 0.3) is 0 Å². The fraction of sp³-hybridized carbons (Fsp3) is 0.566. The number of unbranched alkanes of at least 4 members (excludes halogenated alkanes) is 4. The van der Waals surface area contributed by atoms with Gasteiger partial charge in [-0.15, -0.1) is 0 Å². The zero-order valence-corrected chi connectivity index (χ0v) is 40.6. The lowest BCUT2D eigenvalue weighted by Crippen LogP contribution is -2.64. The molecule has 0 radical (unpaired) electrons. The van der Waals surface area contributed by atoms with Gasteiger partial charge in [-0.1, -0.05) is 154 Å². The molecule has 0 aromatic rings. The quantitative estimate of drug-likeness (QED) is 0.0149. The second kappa shape index (κ2) is 41.7. The average molecular weight is 943 g/mol. The monoisotopic (exact) mass is 943 g/mol. The Morgan fingerprint density at radius 2 is 0.848 bits per heavy atom. The predicted octanol–water partition coefficient (Wildman–Crippen LogP) is 10.4. The van der Waals surface area contributed by atoms with E-state index in [0.29, 0.717) is 19.4 Å². The second-order valence-corrected chi connectivity index (χ2v) is 17.2. The molecule has 0 aromatic heterocycles. The van der Waals surface area contributed by atoms with E-state index in [-0.39, 0.29) is 13.0 Å². The summed E-state index contributed by atoms with van der Waals surface area (Å²) >= 11 is 0. The molecular formula is C53H83O12P. The number of aliphatic hydroxyl groups excluding tert-OH is 5. The van der Waals surface area contributed by atoms with Crippen LogP contribution in [0, 0.1) is 0 Å². The largest absolute Gasteiger partial charge is 0.472 e. The Balaban J connectivity index is 2.46. The maximum Gasteiger partial charge on any atom is 0.472 e. The minimum absolute atomic E-state index is 0.0872. The number of aliphatic hydroxyl groups is 5. The van der Waals surface area contributed by atoms with E-state index in [9.17, 15) is 39.8 Å². The van der Waals surface area contributed by atoms with Gasteiger partial charge in [-0.05, 0) is 103 Å². The van der Waals surface area contributed by atoms with Crippen LogP contribution >= 0.6 is 7.82 Å². The first kappa shape index (κ1) is 60.5. The smallest absolute Gasteiger partial charge is 0.457 e. The maximum atomic E-state index is 12.8. The summed E-state index contributed by atoms with van der Waals surface area (Å²) in [6.45, 7) is 3.87. The molecule has 1 saturated carbocycles. The van der Waals surface area contributed by atoms with Crippen LogP contribution in [-0.2, 0) is 27.9 Å². The third-order valence-corrected chi connectivity index (χ3v) is 11.0. The molecule has 12 nitrogen and oxygen atoms in total. The van der Waals surface area contributed by atoms with Gasteiger partial charge in [-0.2, -0.15) is 0 Å². The number of phosphoric acid groups is 1. The fourth-order valence-electron chi connectivity index (χ4n) is 6.27. The molecule has 372 valence electrons. The third kappa shape index (κ3) is 33.0. The molecule has 0 spiro atoms. The number of hydrogen-bond acceptors (Lipinski definition) is 11. The Kier molecular flexibility index (Phi) is 38.2. The number of phosphoric ester groups is 1. The number of carbonyl (C=O) groups excluding carboxylic acids is 1. The van der Waals surface area contributed by atoms with Crippen LogP contribution < -0.4 is 0 Å². The molecule has 6 N–H and O–H groups in total. The van der Waals surface area contributed by atoms with Gasteiger partial charge >= 0.3 is 13.8 Å². The summed E-state index contributed by atoms with van der Waals surface area (Å²) in [4.78, 5) is 23.2. The third-order valence-electron chi connectivity index (χ3n) is 10.0. The summed E-state index contributed by atoms with van der Waals surface area (Å²) in [5.74, 6) is -0.553. The highest BCUT2D eigenvalue weighted by Gasteiger charge is 2.51. The summed E-state index contributed by atoms with van der Waals surface area (Å²) < 4.78 is 34.1. The summed E-state index contributed by atoms with van der Waals surface area (Å²) in [7, 11) is -5.06. The minimum atomic E-state index is -5.06. The number of carbonyl (C=O) groups is 1. The average Bonchev–Trinajstić information content (AvgIpc) is 3.30. The first-order valence-corrected chi connectivity index (χ1v) is 25.5. The molecule has 0 aromatic carbocycles. The van der Waals surface area contributed by atoms with Crippen LogP contribution in [0.2, 0.25) is 0 Å². The van der Waals surface area contributed by atoms with Gasteiger partial charge in [0.05, 0.1) is 13.2 Å². The highest BCUT2D eigenvalue weighted by molar-refractivity contribution is 7.47. The van der Waals surface area contributed by atoms with Crippen molar-refractivity contribution in [3.8, 4) is 0 Å². The van der Waals surface area contributed by atoms with Crippen LogP contribution in [0.1, 0.15) is 129 Å². The van der Waals surface area contributed by atoms with Crippen molar-refractivity contribution < 1.29 is 58.3 Å². The van der Waals surface area contributed by atoms with E-state index >= 15 is 0 Å². The molecule has 6 unspecified atom stereocenters. The molecular weight excluding hydrogens is 860 g/mol. The number of esters is 1. The van der Waals surface area contributed by atoms with Crippen molar-refractivity contribution in [2.24, 2.45) is 0 Å². The molecule has 13 heteroatoms. The second-order valence-electron chi connectivity index (χ2n) is 15.8. The summed E-state index contributed by atoms with van der Waals surface area (Å²) in [5, 5.41) is 50.2. The molecule has 66 heavy (non-hydrogen) atoms. The van der Waals surface area contributed by atoms with Gasteiger partial charge in [0.1, 0.15) is 42.7 Å². The van der Waals surface area contributed by atoms with Crippen molar-refractivity contribution in [2.75, 3.05) is 19.8 Å². The van der Waals surface area contributed by atoms with Crippen molar-refractivity contribution in [3.05, 3.63) is 134 Å². The van der Waals surface area contributed by atoms with Crippen LogP contribution in [0.25, 0.3) is 0 Å². The zero-order chi connectivity index (χ0) is 48.4. The Morgan fingerprint density at radius 3 is 1.26 bits per heavy atom.